The van der Waals surface area contributed by atoms with Gasteiger partial charge in [0, 0.05) is 6.21 Å². The van der Waals surface area contributed by atoms with Crippen LogP contribution in [0, 0.1) is 5.41 Å². The first-order valence-electron chi connectivity index (χ1n) is 4.45. The molecule has 1 unspecified atom stereocenters. The third-order valence-corrected chi connectivity index (χ3v) is 1.70. The van der Waals surface area contributed by atoms with E-state index >= 15 is 0 Å². The van der Waals surface area contributed by atoms with E-state index < -0.39 is 0 Å². The molecule has 0 heterocycles. The third-order valence-electron chi connectivity index (χ3n) is 1.70. The Kier molecular flexibility index (Phi) is 3.65. The third kappa shape index (κ3) is 2.99. The molecular weight excluding hydrogens is 162 g/mol. The molecule has 0 saturated heterocycles. The molecule has 0 aromatic heterocycles. The predicted molar refractivity (Wildman–Crippen MR) is 54.2 cm³/mol. The average molecular weight is 177 g/mol. The summed E-state index contributed by atoms with van der Waals surface area (Å²) in [5.74, 6) is 0. The van der Waals surface area contributed by atoms with Gasteiger partial charge in [0.1, 0.15) is 6.10 Å². The first kappa shape index (κ1) is 9.93. The Morgan fingerprint density at radius 1 is 1.23 bits per heavy atom. The minimum Gasteiger partial charge on any atom is -0.365 e. The average Bonchev–Trinajstić information content (AvgIpc) is 2.15. The fraction of sp³-hybridized carbons (Fsp3) is 0.364. The maximum atomic E-state index is 7.24. The second-order valence-corrected chi connectivity index (χ2v) is 3.18. The molecule has 1 atom stereocenters. The van der Waals surface area contributed by atoms with Crippen LogP contribution in [0.4, 0.5) is 0 Å². The smallest absolute Gasteiger partial charge is 0.117 e. The molecule has 1 N–H and O–H groups in total. The van der Waals surface area contributed by atoms with Crippen molar-refractivity contribution >= 4 is 6.21 Å². The van der Waals surface area contributed by atoms with Gasteiger partial charge >= 0.3 is 0 Å². The van der Waals surface area contributed by atoms with Gasteiger partial charge in [-0.2, -0.15) is 0 Å². The summed E-state index contributed by atoms with van der Waals surface area (Å²) in [5.41, 5.74) is 1.03. The van der Waals surface area contributed by atoms with Gasteiger partial charge in [-0.1, -0.05) is 30.3 Å². The number of hydrogen-bond donors (Lipinski definition) is 1. The molecular formula is C11H15NO. The molecule has 0 saturated carbocycles. The highest BCUT2D eigenvalue weighted by Gasteiger charge is 2.09. The molecule has 2 nitrogen and oxygen atoms in total. The van der Waals surface area contributed by atoms with Crippen LogP contribution in [-0.4, -0.2) is 12.3 Å². The van der Waals surface area contributed by atoms with Crippen molar-refractivity contribution in [3.63, 3.8) is 0 Å². The maximum Gasteiger partial charge on any atom is 0.117 e. The predicted octanol–water partition coefficient (Wildman–Crippen LogP) is 2.80. The van der Waals surface area contributed by atoms with Gasteiger partial charge in [0.25, 0.3) is 0 Å². The van der Waals surface area contributed by atoms with E-state index in [4.69, 9.17) is 10.1 Å². The van der Waals surface area contributed by atoms with Crippen molar-refractivity contribution in [2.45, 2.75) is 26.1 Å². The van der Waals surface area contributed by atoms with Crippen LogP contribution in [0.1, 0.15) is 25.5 Å². The van der Waals surface area contributed by atoms with Crippen LogP contribution in [0.2, 0.25) is 0 Å². The number of nitrogens with one attached hydrogen (secondary N) is 1. The highest BCUT2D eigenvalue weighted by Crippen LogP contribution is 2.16. The largest absolute Gasteiger partial charge is 0.365 e. The molecule has 1 aromatic rings. The van der Waals surface area contributed by atoms with E-state index in [1.54, 1.807) is 0 Å². The molecule has 1 aromatic carbocycles. The molecule has 0 aliphatic heterocycles. The summed E-state index contributed by atoms with van der Waals surface area (Å²) in [4.78, 5) is 0. The van der Waals surface area contributed by atoms with Crippen LogP contribution in [0.5, 0.6) is 0 Å². The molecule has 2 heteroatoms. The summed E-state index contributed by atoms with van der Waals surface area (Å²) in [7, 11) is 0. The molecule has 0 radical (unpaired) electrons. The second-order valence-electron chi connectivity index (χ2n) is 3.18. The molecule has 0 fully saturated rings. The number of benzene rings is 1. The van der Waals surface area contributed by atoms with E-state index in [9.17, 15) is 0 Å². The van der Waals surface area contributed by atoms with Gasteiger partial charge in [0.15, 0.2) is 0 Å². The number of ether oxygens (including phenoxy) is 1. The van der Waals surface area contributed by atoms with Crippen LogP contribution in [0.3, 0.4) is 0 Å². The van der Waals surface area contributed by atoms with E-state index in [1.165, 1.54) is 6.21 Å². The highest BCUT2D eigenvalue weighted by atomic mass is 16.5. The molecule has 13 heavy (non-hydrogen) atoms. The van der Waals surface area contributed by atoms with Gasteiger partial charge in [-0.15, -0.1) is 0 Å². The van der Waals surface area contributed by atoms with Gasteiger partial charge in [-0.05, 0) is 19.4 Å². The minimum atomic E-state index is -0.207. The molecule has 0 aliphatic carbocycles. The van der Waals surface area contributed by atoms with Crippen molar-refractivity contribution in [1.82, 2.24) is 0 Å². The Bertz CT molecular complexity index is 256. The molecule has 0 bridgehead atoms. The summed E-state index contributed by atoms with van der Waals surface area (Å²) in [5, 5.41) is 7.24. The zero-order valence-electron chi connectivity index (χ0n) is 8.03. The zero-order chi connectivity index (χ0) is 9.68. The Labute approximate surface area is 79.1 Å². The monoisotopic (exact) mass is 177 g/mol. The van der Waals surface area contributed by atoms with Crippen molar-refractivity contribution in [3.8, 4) is 0 Å². The van der Waals surface area contributed by atoms with Crippen LogP contribution < -0.4 is 0 Å². The quantitative estimate of drug-likeness (QED) is 0.705. The molecule has 0 spiro atoms. The van der Waals surface area contributed by atoms with Crippen molar-refractivity contribution < 1.29 is 4.74 Å². The molecule has 0 aliphatic rings. The Balaban J connectivity index is 2.73. The van der Waals surface area contributed by atoms with Gasteiger partial charge in [0.2, 0.25) is 0 Å². The van der Waals surface area contributed by atoms with Crippen LogP contribution in [-0.2, 0) is 4.74 Å². The standard InChI is InChI=1S/C11H15NO/c1-9(2)13-11(8-12)10-6-4-3-5-7-10/h3-9,11-12H,1-2H3. The van der Waals surface area contributed by atoms with Gasteiger partial charge in [-0.3, -0.25) is 0 Å². The maximum absolute atomic E-state index is 7.24. The van der Waals surface area contributed by atoms with Gasteiger partial charge in [0.05, 0.1) is 6.10 Å². The molecule has 70 valence electrons. The lowest BCUT2D eigenvalue weighted by Gasteiger charge is -2.15. The summed E-state index contributed by atoms with van der Waals surface area (Å²) in [6, 6.07) is 9.81. The lowest BCUT2D eigenvalue weighted by molar-refractivity contribution is 0.0483. The molecule has 1 rings (SSSR count). The van der Waals surface area contributed by atoms with Crippen molar-refractivity contribution in [1.29, 1.82) is 5.41 Å². The number of rotatable bonds is 4. The Morgan fingerprint density at radius 2 is 1.85 bits per heavy atom. The van der Waals surface area contributed by atoms with E-state index in [2.05, 4.69) is 0 Å². The summed E-state index contributed by atoms with van der Waals surface area (Å²) >= 11 is 0. The van der Waals surface area contributed by atoms with Gasteiger partial charge < -0.3 is 10.1 Å². The Morgan fingerprint density at radius 3 is 2.31 bits per heavy atom. The number of hydrogen-bond acceptors (Lipinski definition) is 2. The summed E-state index contributed by atoms with van der Waals surface area (Å²) in [6.07, 6.45) is 1.27. The summed E-state index contributed by atoms with van der Waals surface area (Å²) < 4.78 is 5.54. The first-order chi connectivity index (χ1) is 6.24. The van der Waals surface area contributed by atoms with Crippen LogP contribution >= 0.6 is 0 Å². The van der Waals surface area contributed by atoms with Crippen LogP contribution in [0.25, 0.3) is 0 Å². The minimum absolute atomic E-state index is 0.145. The zero-order valence-corrected chi connectivity index (χ0v) is 8.03. The van der Waals surface area contributed by atoms with E-state index in [1.807, 2.05) is 44.2 Å². The topological polar surface area (TPSA) is 33.1 Å². The normalized spacial score (nSPS) is 12.8. The lowest BCUT2D eigenvalue weighted by atomic mass is 10.1. The van der Waals surface area contributed by atoms with Gasteiger partial charge in [-0.25, -0.2) is 0 Å². The van der Waals surface area contributed by atoms with Crippen molar-refractivity contribution in [2.75, 3.05) is 0 Å². The van der Waals surface area contributed by atoms with Crippen molar-refractivity contribution in [2.24, 2.45) is 0 Å². The molecule has 0 amide bonds. The fourth-order valence-corrected chi connectivity index (χ4v) is 1.15. The van der Waals surface area contributed by atoms with Crippen LogP contribution in [0.15, 0.2) is 30.3 Å². The first-order valence-corrected chi connectivity index (χ1v) is 4.45. The summed E-state index contributed by atoms with van der Waals surface area (Å²) in [6.45, 7) is 3.94. The SMILES string of the molecule is CC(C)OC(C=N)c1ccccc1. The van der Waals surface area contributed by atoms with E-state index in [0.717, 1.165) is 5.56 Å². The van der Waals surface area contributed by atoms with E-state index in [0.29, 0.717) is 0 Å². The fourth-order valence-electron chi connectivity index (χ4n) is 1.15. The highest BCUT2D eigenvalue weighted by molar-refractivity contribution is 5.62. The second kappa shape index (κ2) is 4.77. The van der Waals surface area contributed by atoms with Crippen molar-refractivity contribution in [3.05, 3.63) is 35.9 Å². The lowest BCUT2D eigenvalue weighted by Crippen LogP contribution is -2.11. The van der Waals surface area contributed by atoms with E-state index in [-0.39, 0.29) is 12.2 Å². The Hall–Kier alpha value is -1.15.